The summed E-state index contributed by atoms with van der Waals surface area (Å²) in [6.07, 6.45) is 1.63. The molecule has 0 atom stereocenters. The second-order valence-corrected chi connectivity index (χ2v) is 3.35. The Hall–Kier alpha value is -0.740. The molecular weight excluding hydrogens is 172 g/mol. The highest BCUT2D eigenvalue weighted by atomic mass is 32.1. The van der Waals surface area contributed by atoms with Crippen molar-refractivity contribution in [1.82, 2.24) is 8.87 Å². The Balaban J connectivity index is 3.01. The van der Waals surface area contributed by atoms with Crippen LogP contribution in [0.15, 0.2) is 23.1 Å². The van der Waals surface area contributed by atoms with Crippen molar-refractivity contribution in [1.29, 1.82) is 0 Å². The first-order valence-corrected chi connectivity index (χ1v) is 4.06. The van der Waals surface area contributed by atoms with Crippen LogP contribution in [0.1, 0.15) is 5.56 Å². The zero-order valence-electron chi connectivity index (χ0n) is 7.19. The van der Waals surface area contributed by atoms with E-state index >= 15 is 0 Å². The Morgan fingerprint density at radius 1 is 1.58 bits per heavy atom. The fourth-order valence-electron chi connectivity index (χ4n) is 0.988. The summed E-state index contributed by atoms with van der Waals surface area (Å²) in [5.74, 6) is 0. The minimum Gasteiger partial charge on any atom is -0.305 e. The summed E-state index contributed by atoms with van der Waals surface area (Å²) in [6, 6.07) is 3.63. The normalized spacial score (nSPS) is 10.7. The zero-order chi connectivity index (χ0) is 9.14. The van der Waals surface area contributed by atoms with Gasteiger partial charge in [0.25, 0.3) is 5.56 Å². The molecule has 0 saturated heterocycles. The number of aromatic nitrogens is 1. The molecular formula is C8H12N2OS. The van der Waals surface area contributed by atoms with Crippen molar-refractivity contribution in [2.24, 2.45) is 0 Å². The molecule has 0 bridgehead atoms. The minimum atomic E-state index is -0.0467. The molecule has 0 radical (unpaired) electrons. The fourth-order valence-corrected chi connectivity index (χ4v) is 1.19. The quantitative estimate of drug-likeness (QED) is 0.681. The third kappa shape index (κ3) is 2.12. The van der Waals surface area contributed by atoms with Crippen molar-refractivity contribution in [3.63, 3.8) is 0 Å². The molecule has 0 fully saturated rings. The average molecular weight is 184 g/mol. The number of nitrogens with zero attached hydrogens (tertiary/aromatic N) is 2. The number of thiol groups is 1. The Kier molecular flexibility index (Phi) is 2.94. The van der Waals surface area contributed by atoms with E-state index in [9.17, 15) is 4.79 Å². The van der Waals surface area contributed by atoms with Crippen LogP contribution in [-0.4, -0.2) is 23.0 Å². The second-order valence-electron chi connectivity index (χ2n) is 2.92. The van der Waals surface area contributed by atoms with Gasteiger partial charge in [-0.2, -0.15) is 0 Å². The van der Waals surface area contributed by atoms with E-state index in [1.54, 1.807) is 6.20 Å². The van der Waals surface area contributed by atoms with Crippen molar-refractivity contribution < 1.29 is 0 Å². The molecule has 4 heteroatoms. The van der Waals surface area contributed by atoms with Crippen LogP contribution in [0.5, 0.6) is 0 Å². The van der Waals surface area contributed by atoms with Gasteiger partial charge in [-0.15, -0.1) is 0 Å². The van der Waals surface area contributed by atoms with Crippen molar-refractivity contribution in [3.05, 3.63) is 34.2 Å². The van der Waals surface area contributed by atoms with Gasteiger partial charge in [-0.3, -0.25) is 8.77 Å². The first kappa shape index (κ1) is 9.35. The molecule has 0 saturated carbocycles. The van der Waals surface area contributed by atoms with Gasteiger partial charge in [-0.1, -0.05) is 18.9 Å². The largest absolute Gasteiger partial charge is 0.305 e. The molecule has 0 aliphatic heterocycles. The smallest absolute Gasteiger partial charge is 0.264 e. The molecule has 1 aromatic rings. The molecule has 0 unspecified atom stereocenters. The van der Waals surface area contributed by atoms with Crippen LogP contribution in [0.2, 0.25) is 0 Å². The van der Waals surface area contributed by atoms with Crippen molar-refractivity contribution in [2.45, 2.75) is 6.54 Å². The highest BCUT2D eigenvalue weighted by molar-refractivity contribution is 7.78. The van der Waals surface area contributed by atoms with Crippen LogP contribution in [0, 0.1) is 0 Å². The Morgan fingerprint density at radius 2 is 2.25 bits per heavy atom. The Labute approximate surface area is 77.2 Å². The highest BCUT2D eigenvalue weighted by Crippen LogP contribution is 1.95. The monoisotopic (exact) mass is 184 g/mol. The number of rotatable bonds is 2. The first-order valence-electron chi connectivity index (χ1n) is 3.66. The fraction of sp³-hybridized carbons (Fsp3) is 0.375. The molecule has 12 heavy (non-hydrogen) atoms. The van der Waals surface area contributed by atoms with Crippen LogP contribution >= 0.6 is 12.8 Å². The van der Waals surface area contributed by atoms with Gasteiger partial charge < -0.3 is 4.90 Å². The van der Waals surface area contributed by atoms with Crippen molar-refractivity contribution >= 4 is 12.8 Å². The van der Waals surface area contributed by atoms with Gasteiger partial charge in [0, 0.05) is 18.3 Å². The van der Waals surface area contributed by atoms with E-state index in [-0.39, 0.29) is 5.56 Å². The van der Waals surface area contributed by atoms with E-state index < -0.39 is 0 Å². The van der Waals surface area contributed by atoms with E-state index in [4.69, 9.17) is 0 Å². The Morgan fingerprint density at radius 3 is 2.83 bits per heavy atom. The van der Waals surface area contributed by atoms with Gasteiger partial charge >= 0.3 is 0 Å². The number of hydrogen-bond acceptors (Lipinski definition) is 3. The summed E-state index contributed by atoms with van der Waals surface area (Å²) in [6.45, 7) is 0.653. The zero-order valence-corrected chi connectivity index (χ0v) is 8.08. The van der Waals surface area contributed by atoms with Gasteiger partial charge in [-0.05, 0) is 20.2 Å². The van der Waals surface area contributed by atoms with Crippen molar-refractivity contribution in [2.75, 3.05) is 14.1 Å². The van der Waals surface area contributed by atoms with Gasteiger partial charge in [0.1, 0.15) is 0 Å². The lowest BCUT2D eigenvalue weighted by Gasteiger charge is -2.08. The van der Waals surface area contributed by atoms with E-state index in [1.165, 1.54) is 3.97 Å². The van der Waals surface area contributed by atoms with Crippen LogP contribution in [0.25, 0.3) is 0 Å². The summed E-state index contributed by atoms with van der Waals surface area (Å²) in [4.78, 5) is 13.3. The molecule has 0 spiro atoms. The molecule has 3 nitrogen and oxygen atoms in total. The minimum absolute atomic E-state index is 0.0467. The SMILES string of the molecule is CN(C)Cc1cccn(S)c1=O. The van der Waals surface area contributed by atoms with Crippen LogP contribution in [0.3, 0.4) is 0 Å². The third-order valence-corrected chi connectivity index (χ3v) is 1.81. The van der Waals surface area contributed by atoms with Gasteiger partial charge in [0.05, 0.1) is 0 Å². The summed E-state index contributed by atoms with van der Waals surface area (Å²) in [5, 5.41) is 0. The van der Waals surface area contributed by atoms with Crippen LogP contribution in [0.4, 0.5) is 0 Å². The van der Waals surface area contributed by atoms with E-state index in [1.807, 2.05) is 31.1 Å². The molecule has 0 aliphatic carbocycles. The standard InChI is InChI=1S/C8H12N2OS/c1-9(2)6-7-4-3-5-10(12)8(7)11/h3-5,12H,6H2,1-2H3. The molecule has 1 heterocycles. The highest BCUT2D eigenvalue weighted by Gasteiger charge is 2.01. The Bertz CT molecular complexity index is 319. The maximum Gasteiger partial charge on any atom is 0.264 e. The number of hydrogen-bond donors (Lipinski definition) is 1. The van der Waals surface area contributed by atoms with Gasteiger partial charge in [-0.25, -0.2) is 0 Å². The lowest BCUT2D eigenvalue weighted by atomic mass is 10.3. The second kappa shape index (κ2) is 3.78. The predicted molar refractivity (Wildman–Crippen MR) is 52.5 cm³/mol. The van der Waals surface area contributed by atoms with E-state index in [0.717, 1.165) is 5.56 Å². The van der Waals surface area contributed by atoms with Crippen LogP contribution in [-0.2, 0) is 6.54 Å². The van der Waals surface area contributed by atoms with Gasteiger partial charge in [0.2, 0.25) is 0 Å². The lowest BCUT2D eigenvalue weighted by molar-refractivity contribution is 0.400. The maximum absolute atomic E-state index is 11.4. The lowest BCUT2D eigenvalue weighted by Crippen LogP contribution is -2.22. The molecule has 66 valence electrons. The summed E-state index contributed by atoms with van der Waals surface area (Å²) < 4.78 is 1.29. The maximum atomic E-state index is 11.4. The predicted octanol–water partition coefficient (Wildman–Crippen LogP) is 0.603. The first-order chi connectivity index (χ1) is 5.61. The van der Waals surface area contributed by atoms with Gasteiger partial charge in [0.15, 0.2) is 0 Å². The number of pyridine rings is 1. The van der Waals surface area contributed by atoms with E-state index in [2.05, 4.69) is 12.8 Å². The topological polar surface area (TPSA) is 25.2 Å². The van der Waals surface area contributed by atoms with Crippen molar-refractivity contribution in [3.8, 4) is 0 Å². The molecule has 0 aromatic carbocycles. The summed E-state index contributed by atoms with van der Waals surface area (Å²) in [5.41, 5.74) is 0.715. The average Bonchev–Trinajstić information content (AvgIpc) is 1.98. The third-order valence-electron chi connectivity index (χ3n) is 1.49. The van der Waals surface area contributed by atoms with E-state index in [0.29, 0.717) is 6.54 Å². The molecule has 1 aromatic heterocycles. The molecule has 0 aliphatic rings. The van der Waals surface area contributed by atoms with Crippen LogP contribution < -0.4 is 5.56 Å². The summed E-state index contributed by atoms with van der Waals surface area (Å²) >= 11 is 3.98. The molecule has 0 N–H and O–H groups in total. The molecule has 1 rings (SSSR count). The molecule has 0 amide bonds. The summed E-state index contributed by atoms with van der Waals surface area (Å²) in [7, 11) is 3.85.